The minimum absolute atomic E-state index is 0.669. The third-order valence-corrected chi connectivity index (χ3v) is 10.4. The highest BCUT2D eigenvalue weighted by atomic mass is 15.1. The Hall–Kier alpha value is -7.24. The molecule has 5 nitrogen and oxygen atoms in total. The molecule has 0 saturated carbocycles. The van der Waals surface area contributed by atoms with Crippen molar-refractivity contribution in [1.29, 1.82) is 0 Å². The molecule has 260 valence electrons. The van der Waals surface area contributed by atoms with Gasteiger partial charge in [0, 0.05) is 45.1 Å². The van der Waals surface area contributed by atoms with E-state index in [9.17, 15) is 0 Å². The lowest BCUT2D eigenvalue weighted by Crippen LogP contribution is -1.99. The van der Waals surface area contributed by atoms with Crippen LogP contribution in [-0.4, -0.2) is 24.5 Å². The van der Waals surface area contributed by atoms with Crippen molar-refractivity contribution in [2.24, 2.45) is 0 Å². The number of hydrogen-bond donors (Lipinski definition) is 0. The van der Waals surface area contributed by atoms with E-state index < -0.39 is 0 Å². The molecule has 0 amide bonds. The molecule has 5 heteroatoms. The highest BCUT2D eigenvalue weighted by Crippen LogP contribution is 2.39. The number of pyridine rings is 1. The van der Waals surface area contributed by atoms with Crippen molar-refractivity contribution in [3.05, 3.63) is 188 Å². The molecule has 10 rings (SSSR count). The number of benzene rings is 7. The lowest BCUT2D eigenvalue weighted by molar-refractivity contribution is 0.908. The lowest BCUT2D eigenvalue weighted by atomic mass is 9.98. The van der Waals surface area contributed by atoms with Crippen molar-refractivity contribution in [1.82, 2.24) is 24.5 Å². The summed E-state index contributed by atoms with van der Waals surface area (Å²) in [4.78, 5) is 20.9. The zero-order chi connectivity index (χ0) is 36.7. The first-order valence-electron chi connectivity index (χ1n) is 18.7. The van der Waals surface area contributed by atoms with Crippen LogP contribution in [0.25, 0.3) is 94.7 Å². The summed E-state index contributed by atoms with van der Waals surface area (Å²) in [6.07, 6.45) is 0.803. The zero-order valence-corrected chi connectivity index (χ0v) is 30.3. The van der Waals surface area contributed by atoms with E-state index in [0.29, 0.717) is 5.82 Å². The zero-order valence-electron chi connectivity index (χ0n) is 30.3. The van der Waals surface area contributed by atoms with Gasteiger partial charge in [0.1, 0.15) is 5.82 Å². The molecule has 3 heterocycles. The van der Waals surface area contributed by atoms with Crippen molar-refractivity contribution in [3.63, 3.8) is 0 Å². The number of hydrogen-bond acceptors (Lipinski definition) is 4. The van der Waals surface area contributed by atoms with Crippen LogP contribution in [-0.2, 0) is 6.42 Å². The molecule has 0 aliphatic rings. The summed E-state index contributed by atoms with van der Waals surface area (Å²) in [6.45, 7) is 2.16. The molecule has 0 N–H and O–H groups in total. The fraction of sp³-hybridized carbons (Fsp3) is 0.0400. The Morgan fingerprint density at radius 2 is 0.982 bits per heavy atom. The predicted molar refractivity (Wildman–Crippen MR) is 226 cm³/mol. The van der Waals surface area contributed by atoms with E-state index in [1.54, 1.807) is 0 Å². The van der Waals surface area contributed by atoms with Gasteiger partial charge >= 0.3 is 0 Å². The minimum atomic E-state index is 0.669. The maximum absolute atomic E-state index is 5.32. The van der Waals surface area contributed by atoms with Crippen molar-refractivity contribution >= 4 is 32.7 Å². The molecular formula is C50H35N5. The first-order chi connectivity index (χ1) is 27.2. The van der Waals surface area contributed by atoms with Crippen LogP contribution < -0.4 is 0 Å². The summed E-state index contributed by atoms with van der Waals surface area (Å²) < 4.78 is 2.28. The van der Waals surface area contributed by atoms with E-state index in [2.05, 4.69) is 169 Å². The van der Waals surface area contributed by atoms with Gasteiger partial charge in [-0.3, -0.25) is 4.57 Å². The Morgan fingerprint density at radius 1 is 0.436 bits per heavy atom. The molecule has 0 saturated heterocycles. The average molecular weight is 706 g/mol. The number of rotatable bonds is 7. The van der Waals surface area contributed by atoms with Crippen molar-refractivity contribution in [2.75, 3.05) is 0 Å². The number of nitrogens with zero attached hydrogens (tertiary/aromatic N) is 5. The van der Waals surface area contributed by atoms with E-state index in [1.165, 1.54) is 11.1 Å². The molecule has 0 aliphatic heterocycles. The second-order valence-corrected chi connectivity index (χ2v) is 13.7. The summed E-state index contributed by atoms with van der Waals surface area (Å²) in [5.41, 5.74) is 13.1. The molecule has 0 spiro atoms. The second-order valence-electron chi connectivity index (χ2n) is 13.7. The van der Waals surface area contributed by atoms with Crippen LogP contribution in [0, 0.1) is 0 Å². The summed E-state index contributed by atoms with van der Waals surface area (Å²) in [5, 5.41) is 3.30. The largest absolute Gasteiger partial charge is 0.296 e. The molecule has 0 unspecified atom stereocenters. The molecule has 55 heavy (non-hydrogen) atoms. The van der Waals surface area contributed by atoms with E-state index in [1.807, 2.05) is 24.3 Å². The van der Waals surface area contributed by atoms with Gasteiger partial charge in [-0.05, 0) is 46.8 Å². The highest BCUT2D eigenvalue weighted by Gasteiger charge is 2.20. The second kappa shape index (κ2) is 13.6. The smallest absolute Gasteiger partial charge is 0.160 e. The number of aryl methyl sites for hydroxylation is 1. The quantitative estimate of drug-likeness (QED) is 0.155. The van der Waals surface area contributed by atoms with E-state index in [-0.39, 0.29) is 0 Å². The number of imidazole rings is 1. The molecule has 7 aromatic carbocycles. The minimum Gasteiger partial charge on any atom is -0.296 e. The van der Waals surface area contributed by atoms with Crippen molar-refractivity contribution in [2.45, 2.75) is 13.3 Å². The predicted octanol–water partition coefficient (Wildman–Crippen LogP) is 12.4. The monoisotopic (exact) mass is 705 g/mol. The van der Waals surface area contributed by atoms with Gasteiger partial charge in [-0.25, -0.2) is 19.9 Å². The average Bonchev–Trinajstić information content (AvgIpc) is 3.66. The van der Waals surface area contributed by atoms with Gasteiger partial charge in [-0.15, -0.1) is 0 Å². The van der Waals surface area contributed by atoms with Crippen LogP contribution >= 0.6 is 0 Å². The molecule has 10 aromatic rings. The first-order valence-corrected chi connectivity index (χ1v) is 18.7. The van der Waals surface area contributed by atoms with E-state index in [4.69, 9.17) is 19.9 Å². The molecule has 3 aromatic heterocycles. The summed E-state index contributed by atoms with van der Waals surface area (Å²) in [7, 11) is 0. The van der Waals surface area contributed by atoms with Gasteiger partial charge in [0.2, 0.25) is 0 Å². The highest BCUT2D eigenvalue weighted by molar-refractivity contribution is 6.19. The Morgan fingerprint density at radius 3 is 1.67 bits per heavy atom. The first kappa shape index (κ1) is 32.4. The van der Waals surface area contributed by atoms with Crippen LogP contribution in [0.3, 0.4) is 0 Å². The molecule has 0 aliphatic carbocycles. The SMILES string of the molecule is CCc1nc2c3c(-c4ccc(-c5nc(-c6ccccc6)cc(-c6ccc(-c7ccccc7)cc6)n5)cc4)nc4ccccc4c3ccc2n1-c1ccccc1. The van der Waals surface area contributed by atoms with Gasteiger partial charge in [0.05, 0.1) is 33.6 Å². The van der Waals surface area contributed by atoms with Crippen LogP contribution in [0.5, 0.6) is 0 Å². The maximum atomic E-state index is 5.32. The summed E-state index contributed by atoms with van der Waals surface area (Å²) in [6, 6.07) is 63.3. The van der Waals surface area contributed by atoms with Crippen molar-refractivity contribution < 1.29 is 0 Å². The molecule has 0 bridgehead atoms. The van der Waals surface area contributed by atoms with Crippen LogP contribution in [0.15, 0.2) is 182 Å². The standard InChI is InChI=1S/C50H35N5/c1-2-46-54-49-45(55(46)39-18-10-5-11-19-39)31-30-41-40-20-12-13-21-42(40)51-48(47(41)49)37-26-28-38(29-27-37)50-52-43(35-16-8-4-9-17-35)32-44(53-50)36-24-22-34(23-25-36)33-14-6-3-7-15-33/h3-32H,2H2,1H3. The van der Waals surface area contributed by atoms with Crippen molar-refractivity contribution in [3.8, 4) is 62.0 Å². The van der Waals surface area contributed by atoms with Gasteiger partial charge in [0.25, 0.3) is 0 Å². The molecule has 0 fully saturated rings. The summed E-state index contributed by atoms with van der Waals surface area (Å²) >= 11 is 0. The Balaban J connectivity index is 1.11. The van der Waals surface area contributed by atoms with E-state index in [0.717, 1.165) is 90.0 Å². The number of fused-ring (bicyclic) bond motifs is 5. The topological polar surface area (TPSA) is 56.5 Å². The van der Waals surface area contributed by atoms with Gasteiger partial charge in [-0.1, -0.05) is 159 Å². The molecule has 0 atom stereocenters. The lowest BCUT2D eigenvalue weighted by Gasteiger charge is -2.13. The third-order valence-electron chi connectivity index (χ3n) is 10.4. The number of aromatic nitrogens is 5. The Kier molecular flexibility index (Phi) is 8.03. The van der Waals surface area contributed by atoms with E-state index >= 15 is 0 Å². The molecular weight excluding hydrogens is 671 g/mol. The van der Waals surface area contributed by atoms with Crippen LogP contribution in [0.2, 0.25) is 0 Å². The van der Waals surface area contributed by atoms with Crippen LogP contribution in [0.1, 0.15) is 12.7 Å². The van der Waals surface area contributed by atoms with Gasteiger partial charge < -0.3 is 0 Å². The Bertz CT molecular complexity index is 2970. The Labute approximate surface area is 319 Å². The maximum Gasteiger partial charge on any atom is 0.160 e. The van der Waals surface area contributed by atoms with Gasteiger partial charge in [0.15, 0.2) is 5.82 Å². The van der Waals surface area contributed by atoms with Gasteiger partial charge in [-0.2, -0.15) is 0 Å². The molecule has 0 radical (unpaired) electrons. The number of para-hydroxylation sites is 2. The summed E-state index contributed by atoms with van der Waals surface area (Å²) in [5.74, 6) is 1.69. The van der Waals surface area contributed by atoms with Crippen LogP contribution in [0.4, 0.5) is 0 Å². The fourth-order valence-corrected chi connectivity index (χ4v) is 7.66. The fourth-order valence-electron chi connectivity index (χ4n) is 7.66. The normalized spacial score (nSPS) is 11.4. The third kappa shape index (κ3) is 5.83.